The van der Waals surface area contributed by atoms with Crippen LogP contribution in [0.15, 0.2) is 96.0 Å². The molecule has 3 nitrogen and oxygen atoms in total. The average Bonchev–Trinajstić information content (AvgIpc) is 3.37. The largest absolute Gasteiger partial charge is 0.342 e. The van der Waals surface area contributed by atoms with E-state index in [2.05, 4.69) is 16.7 Å². The molecule has 1 aliphatic heterocycles. The highest BCUT2D eigenvalue weighted by Crippen LogP contribution is 2.40. The normalized spacial score (nSPS) is 15.1. The zero-order valence-electron chi connectivity index (χ0n) is 18.8. The molecule has 1 amide bonds. The molecule has 176 valence electrons. The SMILES string of the molecule is O=C1/C(=C\c2cn(Cc3c(Cl)cccc3Cl)c3ccccc23)SC(=S)N1c1cccc2ccccc12. The maximum Gasteiger partial charge on any atom is 0.270 e. The lowest BCUT2D eigenvalue weighted by Crippen LogP contribution is -2.27. The molecule has 1 aliphatic rings. The standard InChI is InChI=1S/C29H18Cl2N2OS2/c30-23-11-6-12-24(31)22(23)17-32-16-19(21-10-3-4-13-25(21)32)15-27-28(34)33(29(35)36-27)26-14-5-8-18-7-1-2-9-20(18)26/h1-16H,17H2/b27-15+. The third-order valence-electron chi connectivity index (χ3n) is 6.30. The van der Waals surface area contributed by atoms with Crippen molar-refractivity contribution in [3.05, 3.63) is 117 Å². The molecule has 4 aromatic carbocycles. The Labute approximate surface area is 227 Å². The molecule has 0 spiro atoms. The zero-order chi connectivity index (χ0) is 24.8. The fourth-order valence-corrected chi connectivity index (χ4v) is 6.39. The molecule has 0 unspecified atom stereocenters. The smallest absolute Gasteiger partial charge is 0.270 e. The molecule has 36 heavy (non-hydrogen) atoms. The molecular formula is C29H18Cl2N2OS2. The molecule has 7 heteroatoms. The van der Waals surface area contributed by atoms with Crippen LogP contribution in [0, 0.1) is 0 Å². The second-order valence-electron chi connectivity index (χ2n) is 8.45. The van der Waals surface area contributed by atoms with Gasteiger partial charge in [0.2, 0.25) is 0 Å². The lowest BCUT2D eigenvalue weighted by atomic mass is 10.1. The molecule has 1 aromatic heterocycles. The van der Waals surface area contributed by atoms with E-state index in [4.69, 9.17) is 35.4 Å². The first kappa shape index (κ1) is 23.3. The second-order valence-corrected chi connectivity index (χ2v) is 10.9. The number of benzene rings is 4. The van der Waals surface area contributed by atoms with Crippen LogP contribution in [0.2, 0.25) is 10.0 Å². The van der Waals surface area contributed by atoms with Crippen molar-refractivity contribution in [1.82, 2.24) is 4.57 Å². The van der Waals surface area contributed by atoms with Crippen LogP contribution in [0.5, 0.6) is 0 Å². The minimum atomic E-state index is -0.118. The van der Waals surface area contributed by atoms with Crippen LogP contribution >= 0.6 is 47.2 Å². The van der Waals surface area contributed by atoms with E-state index < -0.39 is 0 Å². The van der Waals surface area contributed by atoms with Crippen molar-refractivity contribution >= 4 is 90.8 Å². The first-order chi connectivity index (χ1) is 17.5. The van der Waals surface area contributed by atoms with Crippen molar-refractivity contribution in [1.29, 1.82) is 0 Å². The van der Waals surface area contributed by atoms with Crippen molar-refractivity contribution in [2.75, 3.05) is 4.90 Å². The minimum absolute atomic E-state index is 0.118. The van der Waals surface area contributed by atoms with Crippen LogP contribution in [-0.2, 0) is 11.3 Å². The fourth-order valence-electron chi connectivity index (χ4n) is 4.59. The Hall–Kier alpha value is -3.09. The highest BCUT2D eigenvalue weighted by molar-refractivity contribution is 8.27. The topological polar surface area (TPSA) is 25.2 Å². The van der Waals surface area contributed by atoms with Gasteiger partial charge < -0.3 is 4.57 Å². The van der Waals surface area contributed by atoms with Gasteiger partial charge in [-0.2, -0.15) is 0 Å². The van der Waals surface area contributed by atoms with E-state index in [0.717, 1.165) is 38.5 Å². The Kier molecular flexibility index (Phi) is 6.10. The molecule has 6 rings (SSSR count). The molecule has 1 fully saturated rings. The molecule has 0 N–H and O–H groups in total. The molecular weight excluding hydrogens is 527 g/mol. The van der Waals surface area contributed by atoms with Gasteiger partial charge in [0.25, 0.3) is 5.91 Å². The molecule has 0 atom stereocenters. The summed E-state index contributed by atoms with van der Waals surface area (Å²) in [5.41, 5.74) is 3.63. The number of thiocarbonyl (C=S) groups is 1. The van der Waals surface area contributed by atoms with Crippen LogP contribution in [0.4, 0.5) is 5.69 Å². The Morgan fingerprint density at radius 2 is 1.50 bits per heavy atom. The summed E-state index contributed by atoms with van der Waals surface area (Å²) in [6.07, 6.45) is 3.96. The summed E-state index contributed by atoms with van der Waals surface area (Å²) in [5.74, 6) is -0.118. The lowest BCUT2D eigenvalue weighted by molar-refractivity contribution is -0.113. The average molecular weight is 546 g/mol. The molecule has 0 aliphatic carbocycles. The Balaban J connectivity index is 1.41. The summed E-state index contributed by atoms with van der Waals surface area (Å²) < 4.78 is 2.63. The summed E-state index contributed by atoms with van der Waals surface area (Å²) in [7, 11) is 0. The van der Waals surface area contributed by atoms with Gasteiger partial charge >= 0.3 is 0 Å². The quantitative estimate of drug-likeness (QED) is 0.167. The Morgan fingerprint density at radius 1 is 0.833 bits per heavy atom. The zero-order valence-corrected chi connectivity index (χ0v) is 22.0. The van der Waals surface area contributed by atoms with Crippen molar-refractivity contribution in [3.8, 4) is 0 Å². The number of nitrogens with zero attached hydrogens (tertiary/aromatic N) is 2. The Bertz CT molecular complexity index is 1700. The summed E-state index contributed by atoms with van der Waals surface area (Å²) >= 11 is 19.9. The van der Waals surface area contributed by atoms with Crippen molar-refractivity contribution < 1.29 is 4.79 Å². The van der Waals surface area contributed by atoms with Gasteiger partial charge in [-0.25, -0.2) is 0 Å². The molecule has 0 radical (unpaired) electrons. The number of thioether (sulfide) groups is 1. The Morgan fingerprint density at radius 3 is 2.31 bits per heavy atom. The number of hydrogen-bond donors (Lipinski definition) is 0. The number of halogens is 2. The number of carbonyl (C=O) groups is 1. The van der Waals surface area contributed by atoms with E-state index in [0.29, 0.717) is 25.8 Å². The second kappa shape index (κ2) is 9.41. The van der Waals surface area contributed by atoms with Crippen molar-refractivity contribution in [3.63, 3.8) is 0 Å². The van der Waals surface area contributed by atoms with Gasteiger partial charge in [-0.15, -0.1) is 0 Å². The first-order valence-electron chi connectivity index (χ1n) is 11.3. The first-order valence-corrected chi connectivity index (χ1v) is 13.3. The predicted octanol–water partition coefficient (Wildman–Crippen LogP) is 8.56. The maximum absolute atomic E-state index is 13.6. The van der Waals surface area contributed by atoms with Gasteiger partial charge in [-0.1, -0.05) is 108 Å². The highest BCUT2D eigenvalue weighted by atomic mass is 35.5. The van der Waals surface area contributed by atoms with E-state index in [-0.39, 0.29) is 5.91 Å². The highest BCUT2D eigenvalue weighted by Gasteiger charge is 2.34. The van der Waals surface area contributed by atoms with Gasteiger partial charge in [0.1, 0.15) is 0 Å². The van der Waals surface area contributed by atoms with Crippen LogP contribution in [-0.4, -0.2) is 14.8 Å². The van der Waals surface area contributed by atoms with Gasteiger partial charge in [0.15, 0.2) is 4.32 Å². The van der Waals surface area contributed by atoms with Crippen molar-refractivity contribution in [2.24, 2.45) is 0 Å². The van der Waals surface area contributed by atoms with Crippen LogP contribution in [0.3, 0.4) is 0 Å². The lowest BCUT2D eigenvalue weighted by Gasteiger charge is -2.17. The number of carbonyl (C=O) groups excluding carboxylic acids is 1. The molecule has 2 heterocycles. The van der Waals surface area contributed by atoms with Crippen LogP contribution in [0.25, 0.3) is 27.8 Å². The third kappa shape index (κ3) is 4.02. The maximum atomic E-state index is 13.6. The van der Waals surface area contributed by atoms with E-state index in [1.807, 2.05) is 85.1 Å². The number of rotatable bonds is 4. The van der Waals surface area contributed by atoms with Gasteiger partial charge in [0.05, 0.1) is 17.1 Å². The molecule has 1 saturated heterocycles. The van der Waals surface area contributed by atoms with Gasteiger partial charge in [-0.3, -0.25) is 9.69 Å². The number of amides is 1. The van der Waals surface area contributed by atoms with E-state index in [9.17, 15) is 4.79 Å². The monoisotopic (exact) mass is 544 g/mol. The minimum Gasteiger partial charge on any atom is -0.342 e. The van der Waals surface area contributed by atoms with Crippen molar-refractivity contribution in [2.45, 2.75) is 6.54 Å². The summed E-state index contributed by atoms with van der Waals surface area (Å²) in [5, 5.41) is 4.34. The van der Waals surface area contributed by atoms with E-state index in [1.165, 1.54) is 11.8 Å². The number of fused-ring (bicyclic) bond motifs is 2. The van der Waals surface area contributed by atoms with E-state index in [1.54, 1.807) is 4.90 Å². The number of aromatic nitrogens is 1. The van der Waals surface area contributed by atoms with E-state index >= 15 is 0 Å². The van der Waals surface area contributed by atoms with Gasteiger partial charge in [0, 0.05) is 43.7 Å². The summed E-state index contributed by atoms with van der Waals surface area (Å²) in [4.78, 5) is 15.8. The summed E-state index contributed by atoms with van der Waals surface area (Å²) in [6.45, 7) is 0.518. The number of hydrogen-bond acceptors (Lipinski definition) is 3. The van der Waals surface area contributed by atoms with Crippen LogP contribution in [0.1, 0.15) is 11.1 Å². The third-order valence-corrected chi connectivity index (χ3v) is 8.31. The van der Waals surface area contributed by atoms with Gasteiger partial charge in [-0.05, 0) is 35.7 Å². The fraction of sp³-hybridized carbons (Fsp3) is 0.0345. The number of para-hydroxylation sites is 1. The molecule has 0 bridgehead atoms. The summed E-state index contributed by atoms with van der Waals surface area (Å²) in [6, 6.07) is 27.6. The predicted molar refractivity (Wildman–Crippen MR) is 157 cm³/mol. The molecule has 0 saturated carbocycles. The molecule has 5 aromatic rings. The number of anilines is 1. The van der Waals surface area contributed by atoms with Crippen LogP contribution < -0.4 is 4.90 Å².